The molecule has 1 N–H and O–H groups in total. The van der Waals surface area contributed by atoms with Crippen molar-refractivity contribution in [1.82, 2.24) is 9.80 Å². The minimum Gasteiger partial charge on any atom is -0.487 e. The van der Waals surface area contributed by atoms with Crippen LogP contribution in [0.25, 0.3) is 0 Å². The third kappa shape index (κ3) is 6.77. The van der Waals surface area contributed by atoms with Gasteiger partial charge in [0.15, 0.2) is 0 Å². The van der Waals surface area contributed by atoms with E-state index < -0.39 is 5.41 Å². The lowest BCUT2D eigenvalue weighted by molar-refractivity contribution is 0.0524. The predicted octanol–water partition coefficient (Wildman–Crippen LogP) is 4.08. The van der Waals surface area contributed by atoms with Crippen molar-refractivity contribution in [1.29, 1.82) is 5.26 Å². The summed E-state index contributed by atoms with van der Waals surface area (Å²) in [4.78, 5) is 4.76. The molecule has 0 saturated carbocycles. The number of benzene rings is 2. The molecule has 6 heteroatoms. The fourth-order valence-corrected chi connectivity index (χ4v) is 4.65. The van der Waals surface area contributed by atoms with E-state index in [-0.39, 0.29) is 24.4 Å². The number of nitriles is 1. The van der Waals surface area contributed by atoms with Gasteiger partial charge in [0.1, 0.15) is 17.7 Å². The minimum absolute atomic E-state index is 0.0808. The maximum absolute atomic E-state index is 13.1. The molecule has 0 spiro atoms. The molecule has 1 heterocycles. The Kier molecular flexibility index (Phi) is 9.25. The van der Waals surface area contributed by atoms with E-state index >= 15 is 0 Å². The van der Waals surface area contributed by atoms with Crippen LogP contribution in [0.3, 0.4) is 0 Å². The highest BCUT2D eigenvalue weighted by Crippen LogP contribution is 2.36. The summed E-state index contributed by atoms with van der Waals surface area (Å²) in [5.74, 6) is 0.514. The van der Waals surface area contributed by atoms with Gasteiger partial charge in [0, 0.05) is 32.7 Å². The highest BCUT2D eigenvalue weighted by Gasteiger charge is 2.35. The monoisotopic (exact) mass is 453 g/mol. The molecule has 1 aliphatic rings. The molecule has 1 fully saturated rings. The van der Waals surface area contributed by atoms with Crippen molar-refractivity contribution in [2.75, 3.05) is 45.9 Å². The van der Waals surface area contributed by atoms with E-state index in [0.717, 1.165) is 51.1 Å². The molecule has 1 aliphatic heterocycles. The van der Waals surface area contributed by atoms with Gasteiger partial charge in [-0.05, 0) is 55.1 Å². The molecule has 1 saturated heterocycles. The van der Waals surface area contributed by atoms with Crippen LogP contribution in [0.2, 0.25) is 0 Å². The molecule has 0 radical (unpaired) electrons. The van der Waals surface area contributed by atoms with Crippen LogP contribution >= 0.6 is 0 Å². The second kappa shape index (κ2) is 12.1. The summed E-state index contributed by atoms with van der Waals surface area (Å²) in [7, 11) is 0. The Morgan fingerprint density at radius 2 is 1.67 bits per heavy atom. The Morgan fingerprint density at radius 3 is 2.24 bits per heavy atom. The molecule has 0 bridgehead atoms. The van der Waals surface area contributed by atoms with E-state index in [1.54, 1.807) is 12.1 Å². The number of nitrogens with zero attached hydrogens (tertiary/aromatic N) is 3. The van der Waals surface area contributed by atoms with E-state index in [1.165, 1.54) is 12.1 Å². The molecule has 0 aromatic heterocycles. The summed E-state index contributed by atoms with van der Waals surface area (Å²) >= 11 is 0. The van der Waals surface area contributed by atoms with E-state index in [4.69, 9.17) is 4.74 Å². The second-order valence-corrected chi connectivity index (χ2v) is 9.23. The first-order valence-electron chi connectivity index (χ1n) is 11.9. The molecule has 2 atom stereocenters. The zero-order valence-corrected chi connectivity index (χ0v) is 19.8. The molecule has 178 valence electrons. The summed E-state index contributed by atoms with van der Waals surface area (Å²) in [6.45, 7) is 9.56. The molecular weight excluding hydrogens is 417 g/mol. The predicted molar refractivity (Wildman–Crippen MR) is 129 cm³/mol. The number of halogens is 1. The Labute approximate surface area is 197 Å². The summed E-state index contributed by atoms with van der Waals surface area (Å²) in [5, 5.41) is 19.8. The largest absolute Gasteiger partial charge is 0.487 e. The Morgan fingerprint density at radius 1 is 1.03 bits per heavy atom. The number of piperazine rings is 1. The average molecular weight is 454 g/mol. The lowest BCUT2D eigenvalue weighted by Gasteiger charge is -2.37. The SMILES string of the molecule is CC(C)C(C#N)(CCCN1CCN(CC(CO)Oc2ccc(F)cc2)CC1)c1ccccc1. The van der Waals surface area contributed by atoms with Gasteiger partial charge in [-0.15, -0.1) is 0 Å². The van der Waals surface area contributed by atoms with Crippen LogP contribution in [-0.2, 0) is 5.41 Å². The van der Waals surface area contributed by atoms with Crippen molar-refractivity contribution in [3.63, 3.8) is 0 Å². The highest BCUT2D eigenvalue weighted by molar-refractivity contribution is 5.33. The van der Waals surface area contributed by atoms with E-state index in [9.17, 15) is 14.8 Å². The number of hydrogen-bond donors (Lipinski definition) is 1. The van der Waals surface area contributed by atoms with Crippen molar-refractivity contribution in [3.05, 3.63) is 66.0 Å². The molecule has 5 nitrogen and oxygen atoms in total. The fourth-order valence-electron chi connectivity index (χ4n) is 4.65. The zero-order chi connectivity index (χ0) is 23.7. The van der Waals surface area contributed by atoms with Crippen LogP contribution in [0, 0.1) is 23.1 Å². The molecule has 2 aromatic rings. The Hall–Kier alpha value is -2.46. The number of ether oxygens (including phenoxy) is 1. The van der Waals surface area contributed by atoms with Crippen molar-refractivity contribution in [2.45, 2.75) is 38.2 Å². The molecule has 2 unspecified atom stereocenters. The molecule has 0 amide bonds. The topological polar surface area (TPSA) is 59.7 Å². The quantitative estimate of drug-likeness (QED) is 0.556. The number of rotatable bonds is 11. The fraction of sp³-hybridized carbons (Fsp3) is 0.519. The van der Waals surface area contributed by atoms with Gasteiger partial charge in [-0.1, -0.05) is 44.2 Å². The maximum atomic E-state index is 13.1. The van der Waals surface area contributed by atoms with Crippen molar-refractivity contribution < 1.29 is 14.2 Å². The van der Waals surface area contributed by atoms with Gasteiger partial charge in [-0.25, -0.2) is 4.39 Å². The van der Waals surface area contributed by atoms with E-state index in [2.05, 4.69) is 41.8 Å². The molecule has 0 aliphatic carbocycles. The lowest BCUT2D eigenvalue weighted by Crippen LogP contribution is -2.50. The van der Waals surface area contributed by atoms with Gasteiger partial charge in [-0.3, -0.25) is 4.90 Å². The van der Waals surface area contributed by atoms with Crippen LogP contribution in [0.15, 0.2) is 54.6 Å². The third-order valence-electron chi connectivity index (χ3n) is 6.77. The van der Waals surface area contributed by atoms with Crippen molar-refractivity contribution >= 4 is 0 Å². The van der Waals surface area contributed by atoms with Gasteiger partial charge in [0.05, 0.1) is 18.1 Å². The van der Waals surface area contributed by atoms with Crippen molar-refractivity contribution in [2.24, 2.45) is 5.92 Å². The number of hydrogen-bond acceptors (Lipinski definition) is 5. The van der Waals surface area contributed by atoms with Gasteiger partial charge in [0.25, 0.3) is 0 Å². The zero-order valence-electron chi connectivity index (χ0n) is 19.8. The summed E-state index contributed by atoms with van der Waals surface area (Å²) in [6.07, 6.45) is 1.49. The first kappa shape index (κ1) is 25.2. The van der Waals surface area contributed by atoms with Crippen LogP contribution in [0.1, 0.15) is 32.3 Å². The van der Waals surface area contributed by atoms with Crippen LogP contribution < -0.4 is 4.74 Å². The van der Waals surface area contributed by atoms with Gasteiger partial charge >= 0.3 is 0 Å². The normalized spacial score (nSPS) is 17.9. The first-order valence-corrected chi connectivity index (χ1v) is 11.9. The summed E-state index contributed by atoms with van der Waals surface area (Å²) < 4.78 is 18.9. The number of aliphatic hydroxyl groups excluding tert-OH is 1. The van der Waals surface area contributed by atoms with Crippen LogP contribution in [-0.4, -0.2) is 66.9 Å². The Balaban J connectivity index is 1.45. The molecular formula is C27H36FN3O2. The highest BCUT2D eigenvalue weighted by atomic mass is 19.1. The van der Waals surface area contributed by atoms with E-state index in [0.29, 0.717) is 12.3 Å². The molecule has 2 aromatic carbocycles. The third-order valence-corrected chi connectivity index (χ3v) is 6.77. The van der Waals surface area contributed by atoms with Crippen LogP contribution in [0.5, 0.6) is 5.75 Å². The van der Waals surface area contributed by atoms with Gasteiger partial charge in [0.2, 0.25) is 0 Å². The summed E-state index contributed by atoms with van der Waals surface area (Å²) in [5.41, 5.74) is 0.665. The minimum atomic E-state index is -0.449. The maximum Gasteiger partial charge on any atom is 0.134 e. The second-order valence-electron chi connectivity index (χ2n) is 9.23. The smallest absolute Gasteiger partial charge is 0.134 e. The van der Waals surface area contributed by atoms with Crippen LogP contribution in [0.4, 0.5) is 4.39 Å². The summed E-state index contributed by atoms with van der Waals surface area (Å²) in [6, 6.07) is 18.7. The van der Waals surface area contributed by atoms with Gasteiger partial charge in [-0.2, -0.15) is 5.26 Å². The molecule has 33 heavy (non-hydrogen) atoms. The average Bonchev–Trinajstić information content (AvgIpc) is 2.84. The Bertz CT molecular complexity index is 876. The number of aliphatic hydroxyl groups is 1. The van der Waals surface area contributed by atoms with Crippen molar-refractivity contribution in [3.8, 4) is 11.8 Å². The molecule has 3 rings (SSSR count). The lowest BCUT2D eigenvalue weighted by atomic mass is 9.70. The standard InChI is InChI=1S/C27H36FN3O2/c1-22(2)27(21-29,23-7-4-3-5-8-23)13-6-14-30-15-17-31(18-16-30)19-26(20-32)33-25-11-9-24(28)10-12-25/h3-5,7-12,22,26,32H,6,13-20H2,1-2H3. The van der Waals surface area contributed by atoms with E-state index in [1.807, 2.05) is 18.2 Å². The van der Waals surface area contributed by atoms with Gasteiger partial charge < -0.3 is 14.7 Å². The first-order chi connectivity index (χ1) is 16.0.